The van der Waals surface area contributed by atoms with Crippen molar-refractivity contribution in [3.05, 3.63) is 106 Å². The fourth-order valence-corrected chi connectivity index (χ4v) is 12.1. The number of aromatic nitrogens is 2. The second-order valence-corrected chi connectivity index (χ2v) is 20.6. The average molecular weight is 1010 g/mol. The van der Waals surface area contributed by atoms with Crippen LogP contribution in [0.4, 0.5) is 19.3 Å². The Labute approximate surface area is 422 Å². The van der Waals surface area contributed by atoms with Crippen LogP contribution in [0.5, 0.6) is 11.5 Å². The standard InChI is InChI=1S/C54H62ClF2N9O6/c1-32-46-43(28-39(56)49(55)48(46)47-38(51(58)68)14-16-42(71-3)50(47)57)72-54(32,35-7-5-4-6-8-35)31-59-36-11-9-34(10-12-36)52(69)65-20-17-33(18-21-65)29-63-23-25-64(26-24-63)30-44-60-40-27-37(13-15-41(40)62(44)2)66-22-19-45(67)61-53(66)70/h4-8,13-16,27-28,32-34,36,59H,9-12,17-26,29-31H2,1-3H3,(H2,58,68)(H,61,67,70). The molecule has 0 spiro atoms. The van der Waals surface area contributed by atoms with E-state index in [2.05, 4.69) is 29.9 Å². The zero-order valence-electron chi connectivity index (χ0n) is 41.0. The lowest BCUT2D eigenvalue weighted by Crippen LogP contribution is -2.50. The zero-order chi connectivity index (χ0) is 50.4. The van der Waals surface area contributed by atoms with Crippen LogP contribution in [0.25, 0.3) is 22.2 Å². The molecule has 1 saturated carbocycles. The van der Waals surface area contributed by atoms with Crippen molar-refractivity contribution < 1.29 is 37.4 Å². The first-order valence-electron chi connectivity index (χ1n) is 25.2. The van der Waals surface area contributed by atoms with Crippen LogP contribution < -0.4 is 30.7 Å². The van der Waals surface area contributed by atoms with Crippen molar-refractivity contribution in [2.75, 3.05) is 70.9 Å². The number of nitrogens with zero attached hydrogens (tertiary/aromatic N) is 6. The number of piperazine rings is 1. The summed E-state index contributed by atoms with van der Waals surface area (Å²) in [4.78, 5) is 64.4. The number of halogens is 3. The molecule has 10 rings (SSSR count). The number of nitrogens with one attached hydrogen (secondary N) is 2. The summed E-state index contributed by atoms with van der Waals surface area (Å²) >= 11 is 6.71. The number of fused-ring (bicyclic) bond motifs is 2. The molecule has 5 aliphatic rings. The van der Waals surface area contributed by atoms with Gasteiger partial charge in [0.1, 0.15) is 17.4 Å². The summed E-state index contributed by atoms with van der Waals surface area (Å²) in [5, 5.41) is 5.80. The van der Waals surface area contributed by atoms with Crippen LogP contribution in [0.3, 0.4) is 0 Å². The Balaban J connectivity index is 0.712. The quantitative estimate of drug-likeness (QED) is 0.109. The van der Waals surface area contributed by atoms with Gasteiger partial charge in [-0.2, -0.15) is 0 Å². The first kappa shape index (κ1) is 49.4. The lowest BCUT2D eigenvalue weighted by atomic mass is 9.77. The fraction of sp³-hybridized carbons (Fsp3) is 0.463. The van der Waals surface area contributed by atoms with Crippen molar-refractivity contribution in [1.82, 2.24) is 34.9 Å². The number of rotatable bonds is 13. The molecule has 72 heavy (non-hydrogen) atoms. The van der Waals surface area contributed by atoms with Crippen molar-refractivity contribution in [2.24, 2.45) is 24.6 Å². The molecule has 0 bridgehead atoms. The first-order valence-corrected chi connectivity index (χ1v) is 25.6. The van der Waals surface area contributed by atoms with Crippen molar-refractivity contribution in [2.45, 2.75) is 76.0 Å². The number of nitrogens with two attached hydrogens (primary N) is 1. The van der Waals surface area contributed by atoms with Crippen molar-refractivity contribution >= 4 is 52.1 Å². The van der Waals surface area contributed by atoms with Gasteiger partial charge in [0, 0.05) is 119 Å². The Morgan fingerprint density at radius 3 is 2.33 bits per heavy atom. The maximum absolute atomic E-state index is 16.2. The van der Waals surface area contributed by atoms with Gasteiger partial charge in [-0.1, -0.05) is 48.9 Å². The number of urea groups is 1. The summed E-state index contributed by atoms with van der Waals surface area (Å²) in [6, 6.07) is 19.0. The molecule has 4 fully saturated rings. The molecular formula is C54H62ClF2N9O6. The number of amides is 5. The summed E-state index contributed by atoms with van der Waals surface area (Å²) in [6.07, 6.45) is 5.39. The Bertz CT molecular complexity index is 2900. The van der Waals surface area contributed by atoms with Gasteiger partial charge in [-0.3, -0.25) is 29.5 Å². The maximum Gasteiger partial charge on any atom is 0.328 e. The number of likely N-dealkylation sites (tertiary alicyclic amines) is 1. The number of methoxy groups -OCH3 is 1. The van der Waals surface area contributed by atoms with Gasteiger partial charge in [0.25, 0.3) is 0 Å². The summed E-state index contributed by atoms with van der Waals surface area (Å²) in [5.74, 6) is -1.59. The highest BCUT2D eigenvalue weighted by Crippen LogP contribution is 2.56. The van der Waals surface area contributed by atoms with E-state index < -0.39 is 35.1 Å². The number of imidazole rings is 1. The highest BCUT2D eigenvalue weighted by atomic mass is 35.5. The van der Waals surface area contributed by atoms with Crippen LogP contribution in [0.15, 0.2) is 66.7 Å². The topological polar surface area (TPSA) is 168 Å². The number of anilines is 1. The third-order valence-electron chi connectivity index (χ3n) is 16.1. The number of primary amides is 1. The molecule has 0 radical (unpaired) electrons. The van der Waals surface area contributed by atoms with Crippen LogP contribution in [0.1, 0.15) is 85.1 Å². The van der Waals surface area contributed by atoms with Gasteiger partial charge in [-0.05, 0) is 80.3 Å². The Morgan fingerprint density at radius 2 is 1.64 bits per heavy atom. The van der Waals surface area contributed by atoms with Crippen molar-refractivity contribution in [3.63, 3.8) is 0 Å². The molecule has 1 aliphatic carbocycles. The van der Waals surface area contributed by atoms with E-state index in [0.29, 0.717) is 24.6 Å². The minimum absolute atomic E-state index is 0.00102. The van der Waals surface area contributed by atoms with Crippen LogP contribution >= 0.6 is 11.6 Å². The van der Waals surface area contributed by atoms with E-state index >= 15 is 8.78 Å². The lowest BCUT2D eigenvalue weighted by Gasteiger charge is -2.40. The van der Waals surface area contributed by atoms with Gasteiger partial charge in [-0.25, -0.2) is 18.6 Å². The van der Waals surface area contributed by atoms with Gasteiger partial charge in [-0.15, -0.1) is 0 Å². The van der Waals surface area contributed by atoms with Crippen LogP contribution in [0, 0.1) is 23.5 Å². The molecule has 5 aromatic rings. The van der Waals surface area contributed by atoms with E-state index in [-0.39, 0.29) is 63.4 Å². The van der Waals surface area contributed by atoms with E-state index in [1.165, 1.54) is 25.3 Å². The molecule has 2 unspecified atom stereocenters. The second-order valence-electron chi connectivity index (χ2n) is 20.2. The summed E-state index contributed by atoms with van der Waals surface area (Å²) < 4.78 is 46.2. The first-order chi connectivity index (χ1) is 34.7. The predicted octanol–water partition coefficient (Wildman–Crippen LogP) is 7.32. The maximum atomic E-state index is 16.2. The molecular weight excluding hydrogens is 944 g/mol. The van der Waals surface area contributed by atoms with Gasteiger partial charge < -0.3 is 34.9 Å². The third kappa shape index (κ3) is 9.40. The molecule has 4 aromatic carbocycles. The number of imide groups is 1. The number of benzene rings is 4. The number of ether oxygens (including phenoxy) is 2. The van der Waals surface area contributed by atoms with E-state index in [9.17, 15) is 19.2 Å². The average Bonchev–Trinajstić information content (AvgIpc) is 3.85. The molecule has 4 N–H and O–H groups in total. The van der Waals surface area contributed by atoms with Crippen LogP contribution in [-0.2, 0) is 28.8 Å². The highest BCUT2D eigenvalue weighted by molar-refractivity contribution is 6.34. The molecule has 3 saturated heterocycles. The minimum atomic E-state index is -1.06. The zero-order valence-corrected chi connectivity index (χ0v) is 41.8. The predicted molar refractivity (Wildman–Crippen MR) is 270 cm³/mol. The molecule has 380 valence electrons. The lowest BCUT2D eigenvalue weighted by molar-refractivity contribution is -0.138. The molecule has 18 heteroatoms. The molecule has 5 heterocycles. The van der Waals surface area contributed by atoms with Gasteiger partial charge in [0.2, 0.25) is 17.7 Å². The number of aryl methyl sites for hydroxylation is 1. The number of carbonyl (C=O) groups excluding carboxylic acids is 4. The van der Waals surface area contributed by atoms with Crippen molar-refractivity contribution in [3.8, 4) is 22.6 Å². The molecule has 2 atom stereocenters. The number of carbonyl (C=O) groups is 4. The highest BCUT2D eigenvalue weighted by Gasteiger charge is 2.50. The van der Waals surface area contributed by atoms with Crippen LogP contribution in [-0.4, -0.2) is 120 Å². The third-order valence-corrected chi connectivity index (χ3v) is 16.4. The van der Waals surface area contributed by atoms with Crippen LogP contribution in [0.2, 0.25) is 5.02 Å². The normalized spacial score (nSPS) is 23.3. The summed E-state index contributed by atoms with van der Waals surface area (Å²) in [5.41, 5.74) is 8.12. The number of piperidine rings is 1. The van der Waals surface area contributed by atoms with E-state index in [0.717, 1.165) is 119 Å². The fourth-order valence-electron chi connectivity index (χ4n) is 11.9. The Kier molecular flexibility index (Phi) is 14.0. The van der Waals surface area contributed by atoms with Gasteiger partial charge in [0.05, 0.1) is 35.3 Å². The molecule has 5 amide bonds. The summed E-state index contributed by atoms with van der Waals surface area (Å²) in [7, 11) is 3.33. The molecule has 4 aliphatic heterocycles. The monoisotopic (exact) mass is 1010 g/mol. The van der Waals surface area contributed by atoms with E-state index in [1.54, 1.807) is 4.90 Å². The van der Waals surface area contributed by atoms with E-state index in [4.69, 9.17) is 31.8 Å². The molecule has 15 nitrogen and oxygen atoms in total. The Hall–Kier alpha value is -6.14. The number of hydrogen-bond donors (Lipinski definition) is 3. The smallest absolute Gasteiger partial charge is 0.328 e. The van der Waals surface area contributed by atoms with Crippen molar-refractivity contribution in [1.29, 1.82) is 0 Å². The van der Waals surface area contributed by atoms with Gasteiger partial charge in [0.15, 0.2) is 17.2 Å². The Morgan fingerprint density at radius 1 is 0.917 bits per heavy atom. The largest absolute Gasteiger partial charge is 0.494 e. The van der Waals surface area contributed by atoms with Gasteiger partial charge >= 0.3 is 6.03 Å². The summed E-state index contributed by atoms with van der Waals surface area (Å²) in [6.45, 7) is 9.78. The SMILES string of the molecule is COc1ccc(C(N)=O)c(-c2c(Cl)c(F)cc3c2C(C)C(CNC2CCC(C(=O)N4CCC(CN5CCN(Cc6nc7cc(N8CCC(=O)NC8=O)ccc7n6C)CC5)CC4)CC2)(c2ccccc2)O3)c1F. The van der Waals surface area contributed by atoms with E-state index in [1.807, 2.05) is 62.5 Å². The number of hydrogen-bond acceptors (Lipinski definition) is 10. The minimum Gasteiger partial charge on any atom is -0.494 e. The second kappa shape index (κ2) is 20.4. The molecule has 1 aromatic heterocycles.